The van der Waals surface area contributed by atoms with Gasteiger partial charge in [-0.1, -0.05) is 54.6 Å². The number of rotatable bonds is 5. The first-order chi connectivity index (χ1) is 13.7. The van der Waals surface area contributed by atoms with Crippen LogP contribution in [0.15, 0.2) is 71.9 Å². The zero-order chi connectivity index (χ0) is 19.1. The fourth-order valence-corrected chi connectivity index (χ4v) is 4.55. The summed E-state index contributed by atoms with van der Waals surface area (Å²) in [5.74, 6) is 0.327. The molecule has 1 saturated carbocycles. The molecule has 28 heavy (non-hydrogen) atoms. The van der Waals surface area contributed by atoms with Crippen LogP contribution >= 0.6 is 0 Å². The molecule has 2 aromatic rings. The molecular formula is C23H20N2O3. The molecular weight excluding hydrogens is 352 g/mol. The van der Waals surface area contributed by atoms with Gasteiger partial charge in [-0.25, -0.2) is 0 Å². The van der Waals surface area contributed by atoms with Crippen molar-refractivity contribution in [3.05, 3.63) is 77.9 Å². The summed E-state index contributed by atoms with van der Waals surface area (Å²) in [4.78, 5) is 25.3. The van der Waals surface area contributed by atoms with Crippen molar-refractivity contribution in [3.8, 4) is 5.75 Å². The quantitative estimate of drug-likeness (QED) is 0.459. The number of carbonyl (C=O) groups is 2. The fourth-order valence-electron chi connectivity index (χ4n) is 4.55. The molecule has 0 aromatic heterocycles. The zero-order valence-electron chi connectivity index (χ0n) is 15.3. The van der Waals surface area contributed by atoms with Gasteiger partial charge in [-0.15, -0.1) is 0 Å². The molecule has 5 nitrogen and oxygen atoms in total. The third kappa shape index (κ3) is 2.83. The Morgan fingerprint density at radius 1 is 0.964 bits per heavy atom. The molecule has 2 bridgehead atoms. The van der Waals surface area contributed by atoms with E-state index in [4.69, 9.17) is 4.74 Å². The van der Waals surface area contributed by atoms with E-state index >= 15 is 0 Å². The highest BCUT2D eigenvalue weighted by atomic mass is 16.5. The van der Waals surface area contributed by atoms with Crippen molar-refractivity contribution in [1.29, 1.82) is 0 Å². The number of imide groups is 1. The van der Waals surface area contributed by atoms with Gasteiger partial charge in [0.2, 0.25) is 0 Å². The van der Waals surface area contributed by atoms with Crippen LogP contribution in [0.2, 0.25) is 0 Å². The van der Waals surface area contributed by atoms with E-state index in [-0.39, 0.29) is 35.5 Å². The third-order valence-electron chi connectivity index (χ3n) is 5.88. The Hall–Kier alpha value is -3.21. The Balaban J connectivity index is 1.28. The Kier molecular flexibility index (Phi) is 4.08. The largest absolute Gasteiger partial charge is 0.489 e. The van der Waals surface area contributed by atoms with Crippen molar-refractivity contribution in [2.45, 2.75) is 13.0 Å². The van der Waals surface area contributed by atoms with Crippen LogP contribution in [0.25, 0.3) is 0 Å². The molecule has 4 atom stereocenters. The van der Waals surface area contributed by atoms with Gasteiger partial charge in [0.05, 0.1) is 18.1 Å². The number of benzene rings is 2. The number of ether oxygens (including phenoxy) is 1. The highest BCUT2D eigenvalue weighted by Crippen LogP contribution is 2.52. The molecule has 3 aliphatic rings. The molecule has 0 N–H and O–H groups in total. The molecule has 0 spiro atoms. The van der Waals surface area contributed by atoms with E-state index < -0.39 is 0 Å². The number of nitrogens with zero attached hydrogens (tertiary/aromatic N) is 2. The van der Waals surface area contributed by atoms with Crippen LogP contribution in [0.3, 0.4) is 0 Å². The number of carbonyl (C=O) groups excluding carboxylic acids is 2. The van der Waals surface area contributed by atoms with Gasteiger partial charge >= 0.3 is 0 Å². The van der Waals surface area contributed by atoms with E-state index in [0.717, 1.165) is 22.6 Å². The Labute approximate surface area is 163 Å². The van der Waals surface area contributed by atoms with Gasteiger partial charge in [0.15, 0.2) is 0 Å². The molecule has 0 radical (unpaired) electrons. The molecule has 2 aromatic carbocycles. The maximum atomic E-state index is 12.7. The topological polar surface area (TPSA) is 59.0 Å². The Morgan fingerprint density at radius 2 is 1.68 bits per heavy atom. The number of fused-ring (bicyclic) bond motifs is 5. The number of hydrogen-bond donors (Lipinski definition) is 0. The average molecular weight is 372 g/mol. The van der Waals surface area contributed by atoms with E-state index in [1.54, 1.807) is 6.21 Å². The summed E-state index contributed by atoms with van der Waals surface area (Å²) in [5, 5.41) is 5.29. The molecule has 1 saturated heterocycles. The van der Waals surface area contributed by atoms with Crippen molar-refractivity contribution >= 4 is 18.0 Å². The molecule has 5 heteroatoms. The van der Waals surface area contributed by atoms with Gasteiger partial charge < -0.3 is 4.74 Å². The third-order valence-corrected chi connectivity index (χ3v) is 5.88. The Morgan fingerprint density at radius 3 is 2.39 bits per heavy atom. The zero-order valence-corrected chi connectivity index (χ0v) is 15.3. The normalized spacial score (nSPS) is 27.8. The number of allylic oxidation sites excluding steroid dienone is 2. The summed E-state index contributed by atoms with van der Waals surface area (Å²) in [7, 11) is 0. The van der Waals surface area contributed by atoms with Crippen molar-refractivity contribution in [1.82, 2.24) is 5.01 Å². The van der Waals surface area contributed by atoms with Crippen LogP contribution in [-0.2, 0) is 16.2 Å². The molecule has 0 unspecified atom stereocenters. The lowest BCUT2D eigenvalue weighted by Crippen LogP contribution is -2.28. The minimum Gasteiger partial charge on any atom is -0.489 e. The molecule has 2 amide bonds. The monoisotopic (exact) mass is 372 g/mol. The van der Waals surface area contributed by atoms with Crippen LogP contribution in [0.4, 0.5) is 0 Å². The van der Waals surface area contributed by atoms with Crippen molar-refractivity contribution in [2.75, 3.05) is 0 Å². The van der Waals surface area contributed by atoms with Crippen LogP contribution in [0.5, 0.6) is 5.75 Å². The summed E-state index contributed by atoms with van der Waals surface area (Å²) < 4.78 is 5.83. The van der Waals surface area contributed by atoms with E-state index in [1.807, 2.05) is 54.6 Å². The Bertz CT molecular complexity index is 952. The first-order valence-electron chi connectivity index (χ1n) is 9.57. The van der Waals surface area contributed by atoms with Gasteiger partial charge in [-0.3, -0.25) is 9.59 Å². The van der Waals surface area contributed by atoms with Gasteiger partial charge in [-0.2, -0.15) is 10.1 Å². The molecule has 140 valence electrons. The highest BCUT2D eigenvalue weighted by molar-refractivity contribution is 6.06. The van der Waals surface area contributed by atoms with E-state index in [9.17, 15) is 9.59 Å². The van der Waals surface area contributed by atoms with Crippen LogP contribution in [0, 0.1) is 23.7 Å². The molecule has 2 fully saturated rings. The minimum absolute atomic E-state index is 0.167. The van der Waals surface area contributed by atoms with Gasteiger partial charge in [0.1, 0.15) is 12.4 Å². The number of amides is 2. The van der Waals surface area contributed by atoms with Crippen LogP contribution in [-0.4, -0.2) is 23.0 Å². The summed E-state index contributed by atoms with van der Waals surface area (Å²) in [6, 6.07) is 17.4. The van der Waals surface area contributed by atoms with Gasteiger partial charge in [-0.05, 0) is 41.5 Å². The lowest BCUT2D eigenvalue weighted by molar-refractivity contribution is -0.140. The van der Waals surface area contributed by atoms with Crippen molar-refractivity contribution in [2.24, 2.45) is 28.8 Å². The van der Waals surface area contributed by atoms with Crippen molar-refractivity contribution < 1.29 is 14.3 Å². The lowest BCUT2D eigenvalue weighted by Gasteiger charge is -2.13. The number of hydrazone groups is 1. The summed E-state index contributed by atoms with van der Waals surface area (Å²) in [6.07, 6.45) is 6.64. The SMILES string of the molecule is O=C1[C@@H]2[C@H](C(=O)N1/N=C\c1cccc(OCc3ccccc3)c1)[C@H]1C=C[C@H]2C1. The van der Waals surface area contributed by atoms with E-state index in [0.29, 0.717) is 12.4 Å². The van der Waals surface area contributed by atoms with E-state index in [2.05, 4.69) is 17.3 Å². The smallest absolute Gasteiger partial charge is 0.254 e. The summed E-state index contributed by atoms with van der Waals surface area (Å²) in [6.45, 7) is 0.476. The maximum absolute atomic E-state index is 12.7. The highest BCUT2D eigenvalue weighted by Gasteiger charge is 2.59. The lowest BCUT2D eigenvalue weighted by atomic mass is 9.85. The first-order valence-corrected chi connectivity index (χ1v) is 9.57. The molecule has 5 rings (SSSR count). The predicted molar refractivity (Wildman–Crippen MR) is 104 cm³/mol. The standard InChI is InChI=1S/C23H20N2O3/c26-22-20-17-9-10-18(12-17)21(20)23(27)25(22)24-13-16-7-4-8-19(11-16)28-14-15-5-2-1-3-6-15/h1-11,13,17-18,20-21H,12,14H2/b24-13-/t17-,18-,20-,21+/m0/s1. The van der Waals surface area contributed by atoms with Crippen LogP contribution < -0.4 is 4.74 Å². The average Bonchev–Trinajstić information content (AvgIpc) is 3.40. The summed E-state index contributed by atoms with van der Waals surface area (Å²) in [5.41, 5.74) is 1.87. The minimum atomic E-state index is -0.222. The van der Waals surface area contributed by atoms with Gasteiger partial charge in [0, 0.05) is 0 Å². The second-order valence-corrected chi connectivity index (χ2v) is 7.58. The molecule has 1 heterocycles. The first kappa shape index (κ1) is 16.9. The fraction of sp³-hybridized carbons (Fsp3) is 0.261. The maximum Gasteiger partial charge on any atom is 0.254 e. The molecule has 2 aliphatic carbocycles. The predicted octanol–water partition coefficient (Wildman–Crippen LogP) is 3.41. The van der Waals surface area contributed by atoms with Crippen LogP contribution in [0.1, 0.15) is 17.5 Å². The van der Waals surface area contributed by atoms with Gasteiger partial charge in [0.25, 0.3) is 11.8 Å². The van der Waals surface area contributed by atoms with Crippen molar-refractivity contribution in [3.63, 3.8) is 0 Å². The second-order valence-electron chi connectivity index (χ2n) is 7.58. The van der Waals surface area contributed by atoms with E-state index in [1.165, 1.54) is 0 Å². The molecule has 1 aliphatic heterocycles. The summed E-state index contributed by atoms with van der Waals surface area (Å²) >= 11 is 0. The second kappa shape index (κ2) is 6.75. The number of hydrogen-bond acceptors (Lipinski definition) is 4.